The quantitative estimate of drug-likeness (QED) is 0.898. The minimum atomic E-state index is 0.570. The van der Waals surface area contributed by atoms with Crippen LogP contribution < -0.4 is 10.6 Å². The van der Waals surface area contributed by atoms with Crippen LogP contribution in [0.3, 0.4) is 0 Å². The number of nitrogens with zero attached hydrogens (tertiary/aromatic N) is 3. The Kier molecular flexibility index (Phi) is 4.77. The molecule has 106 valence electrons. The normalized spacial score (nSPS) is 18.6. The maximum Gasteiger partial charge on any atom is 0.133 e. The predicted octanol–water partition coefficient (Wildman–Crippen LogP) is 1.77. The van der Waals surface area contributed by atoms with Gasteiger partial charge < -0.3 is 10.6 Å². The van der Waals surface area contributed by atoms with E-state index >= 15 is 0 Å². The highest BCUT2D eigenvalue weighted by atomic mass is 15.3. The molecule has 0 bridgehead atoms. The fourth-order valence-electron chi connectivity index (χ4n) is 2.73. The Labute approximate surface area is 116 Å². The number of aryl methyl sites for hydroxylation is 1. The molecular weight excluding hydrogens is 236 g/mol. The standard InChI is InChI=1S/C15H26N4/c1-4-13(3)18-7-9-19(10-8-18)15-14(11-16)12(2)5-6-17-15/h5-6,13H,4,7-11,16H2,1-3H3. The summed E-state index contributed by atoms with van der Waals surface area (Å²) < 4.78 is 0. The van der Waals surface area contributed by atoms with E-state index in [1.54, 1.807) is 0 Å². The van der Waals surface area contributed by atoms with Gasteiger partial charge in [-0.15, -0.1) is 0 Å². The van der Waals surface area contributed by atoms with Crippen molar-refractivity contribution in [2.45, 2.75) is 39.8 Å². The maximum atomic E-state index is 5.88. The van der Waals surface area contributed by atoms with Gasteiger partial charge in [0, 0.05) is 50.5 Å². The first-order valence-corrected chi connectivity index (χ1v) is 7.31. The monoisotopic (exact) mass is 262 g/mol. The lowest BCUT2D eigenvalue weighted by atomic mass is 10.1. The first kappa shape index (κ1) is 14.3. The Balaban J connectivity index is 2.08. The summed E-state index contributed by atoms with van der Waals surface area (Å²) in [6, 6.07) is 2.72. The molecule has 1 aromatic heterocycles. The fourth-order valence-corrected chi connectivity index (χ4v) is 2.73. The van der Waals surface area contributed by atoms with E-state index in [2.05, 4.69) is 35.6 Å². The van der Waals surface area contributed by atoms with Gasteiger partial charge in [-0.25, -0.2) is 4.98 Å². The Morgan fingerprint density at radius 3 is 2.58 bits per heavy atom. The second-order valence-electron chi connectivity index (χ2n) is 5.41. The van der Waals surface area contributed by atoms with E-state index in [4.69, 9.17) is 5.73 Å². The average molecular weight is 262 g/mol. The van der Waals surface area contributed by atoms with Crippen LogP contribution in [0.15, 0.2) is 12.3 Å². The zero-order chi connectivity index (χ0) is 13.8. The van der Waals surface area contributed by atoms with Gasteiger partial charge in [0.2, 0.25) is 0 Å². The first-order chi connectivity index (χ1) is 9.17. The minimum absolute atomic E-state index is 0.570. The van der Waals surface area contributed by atoms with Crippen molar-refractivity contribution in [1.29, 1.82) is 0 Å². The van der Waals surface area contributed by atoms with E-state index < -0.39 is 0 Å². The van der Waals surface area contributed by atoms with Gasteiger partial charge in [-0.3, -0.25) is 4.90 Å². The summed E-state index contributed by atoms with van der Waals surface area (Å²) in [4.78, 5) is 9.50. The molecule has 0 aromatic carbocycles. The minimum Gasteiger partial charge on any atom is -0.354 e. The number of anilines is 1. The average Bonchev–Trinajstić information content (AvgIpc) is 2.46. The van der Waals surface area contributed by atoms with E-state index in [1.807, 2.05) is 12.3 Å². The Morgan fingerprint density at radius 1 is 1.32 bits per heavy atom. The van der Waals surface area contributed by atoms with Gasteiger partial charge in [-0.05, 0) is 31.9 Å². The van der Waals surface area contributed by atoms with Gasteiger partial charge in [0.25, 0.3) is 0 Å². The smallest absolute Gasteiger partial charge is 0.133 e. The highest BCUT2D eigenvalue weighted by molar-refractivity contribution is 5.50. The first-order valence-electron chi connectivity index (χ1n) is 7.31. The Morgan fingerprint density at radius 2 is 2.00 bits per heavy atom. The molecule has 0 saturated carbocycles. The lowest BCUT2D eigenvalue weighted by Gasteiger charge is -2.39. The van der Waals surface area contributed by atoms with Crippen LogP contribution in [0.4, 0.5) is 5.82 Å². The van der Waals surface area contributed by atoms with Crippen molar-refractivity contribution >= 4 is 5.82 Å². The fraction of sp³-hybridized carbons (Fsp3) is 0.667. The predicted molar refractivity (Wildman–Crippen MR) is 80.4 cm³/mol. The van der Waals surface area contributed by atoms with Crippen LogP contribution in [0.2, 0.25) is 0 Å². The molecule has 2 rings (SSSR count). The molecule has 2 N–H and O–H groups in total. The highest BCUT2D eigenvalue weighted by Gasteiger charge is 2.22. The van der Waals surface area contributed by atoms with Gasteiger partial charge in [0.05, 0.1) is 0 Å². The topological polar surface area (TPSA) is 45.4 Å². The second kappa shape index (κ2) is 6.35. The number of pyridine rings is 1. The third-order valence-electron chi connectivity index (χ3n) is 4.30. The summed E-state index contributed by atoms with van der Waals surface area (Å²) in [6.45, 7) is 11.6. The molecule has 4 heteroatoms. The van der Waals surface area contributed by atoms with Crippen molar-refractivity contribution in [3.05, 3.63) is 23.4 Å². The highest BCUT2D eigenvalue weighted by Crippen LogP contribution is 2.22. The van der Waals surface area contributed by atoms with Crippen LogP contribution >= 0.6 is 0 Å². The molecule has 4 nitrogen and oxygen atoms in total. The molecule has 0 aliphatic carbocycles. The van der Waals surface area contributed by atoms with Crippen LogP contribution in [0.5, 0.6) is 0 Å². The zero-order valence-electron chi connectivity index (χ0n) is 12.4. The number of hydrogen-bond acceptors (Lipinski definition) is 4. The van der Waals surface area contributed by atoms with Crippen LogP contribution in [-0.2, 0) is 6.54 Å². The third kappa shape index (κ3) is 3.07. The van der Waals surface area contributed by atoms with Gasteiger partial charge >= 0.3 is 0 Å². The van der Waals surface area contributed by atoms with E-state index in [9.17, 15) is 0 Å². The van der Waals surface area contributed by atoms with Crippen molar-refractivity contribution in [3.8, 4) is 0 Å². The molecule has 19 heavy (non-hydrogen) atoms. The summed E-state index contributed by atoms with van der Waals surface area (Å²) in [5.41, 5.74) is 8.32. The Hall–Kier alpha value is -1.13. The van der Waals surface area contributed by atoms with E-state index in [1.165, 1.54) is 17.5 Å². The molecule has 0 radical (unpaired) electrons. The molecule has 1 aliphatic rings. The molecule has 1 aromatic rings. The maximum absolute atomic E-state index is 5.88. The molecule has 1 unspecified atom stereocenters. The van der Waals surface area contributed by atoms with Crippen LogP contribution in [0.1, 0.15) is 31.4 Å². The Bertz CT molecular complexity index is 411. The van der Waals surface area contributed by atoms with Gasteiger partial charge in [0.15, 0.2) is 0 Å². The van der Waals surface area contributed by atoms with Crippen molar-refractivity contribution in [1.82, 2.24) is 9.88 Å². The molecule has 1 atom stereocenters. The SMILES string of the molecule is CCC(C)N1CCN(c2nccc(C)c2CN)CC1. The van der Waals surface area contributed by atoms with Crippen LogP contribution in [0.25, 0.3) is 0 Å². The van der Waals surface area contributed by atoms with Crippen molar-refractivity contribution < 1.29 is 0 Å². The van der Waals surface area contributed by atoms with E-state index in [-0.39, 0.29) is 0 Å². The molecule has 0 amide bonds. The van der Waals surface area contributed by atoms with Crippen LogP contribution in [-0.4, -0.2) is 42.1 Å². The molecule has 1 saturated heterocycles. The molecule has 2 heterocycles. The van der Waals surface area contributed by atoms with Crippen molar-refractivity contribution in [2.75, 3.05) is 31.1 Å². The van der Waals surface area contributed by atoms with Crippen molar-refractivity contribution in [2.24, 2.45) is 5.73 Å². The van der Waals surface area contributed by atoms with Crippen molar-refractivity contribution in [3.63, 3.8) is 0 Å². The number of rotatable bonds is 4. The van der Waals surface area contributed by atoms with Gasteiger partial charge in [0.1, 0.15) is 5.82 Å². The number of aromatic nitrogens is 1. The summed E-state index contributed by atoms with van der Waals surface area (Å²) >= 11 is 0. The molecular formula is C15H26N4. The number of piperazine rings is 1. The van der Waals surface area contributed by atoms with Gasteiger partial charge in [-0.2, -0.15) is 0 Å². The lowest BCUT2D eigenvalue weighted by molar-refractivity contribution is 0.192. The molecule has 1 fully saturated rings. The van der Waals surface area contributed by atoms with Crippen LogP contribution in [0, 0.1) is 6.92 Å². The second-order valence-corrected chi connectivity index (χ2v) is 5.41. The summed E-state index contributed by atoms with van der Waals surface area (Å²) in [5.74, 6) is 1.09. The number of hydrogen-bond donors (Lipinski definition) is 1. The zero-order valence-corrected chi connectivity index (χ0v) is 12.4. The lowest BCUT2D eigenvalue weighted by Crippen LogP contribution is -2.50. The summed E-state index contributed by atoms with van der Waals surface area (Å²) in [7, 11) is 0. The largest absolute Gasteiger partial charge is 0.354 e. The van der Waals surface area contributed by atoms with Gasteiger partial charge in [-0.1, -0.05) is 6.92 Å². The summed E-state index contributed by atoms with van der Waals surface area (Å²) in [6.07, 6.45) is 3.11. The summed E-state index contributed by atoms with van der Waals surface area (Å²) in [5, 5.41) is 0. The molecule has 1 aliphatic heterocycles. The van der Waals surface area contributed by atoms with E-state index in [0.29, 0.717) is 12.6 Å². The third-order valence-corrected chi connectivity index (χ3v) is 4.30. The number of nitrogens with two attached hydrogens (primary N) is 1. The molecule has 0 spiro atoms. The van der Waals surface area contributed by atoms with E-state index in [0.717, 1.165) is 32.0 Å².